The van der Waals surface area contributed by atoms with E-state index in [0.29, 0.717) is 12.2 Å². The molecule has 0 spiro atoms. The van der Waals surface area contributed by atoms with Crippen LogP contribution in [0.15, 0.2) is 4.79 Å². The summed E-state index contributed by atoms with van der Waals surface area (Å²) in [5, 5.41) is 11.7. The summed E-state index contributed by atoms with van der Waals surface area (Å²) >= 11 is 0. The van der Waals surface area contributed by atoms with Gasteiger partial charge in [0, 0.05) is 6.54 Å². The number of aromatic carboxylic acids is 1. The van der Waals surface area contributed by atoms with E-state index in [-0.39, 0.29) is 11.5 Å². The number of hydrogen-bond donors (Lipinski definition) is 2. The molecule has 1 rings (SSSR count). The number of nitrogens with zero attached hydrogens (tertiary/aromatic N) is 1. The van der Waals surface area contributed by atoms with E-state index in [1.807, 2.05) is 13.8 Å². The summed E-state index contributed by atoms with van der Waals surface area (Å²) in [4.78, 5) is 22.4. The van der Waals surface area contributed by atoms with Crippen molar-refractivity contribution in [3.8, 4) is 0 Å². The first-order valence-electron chi connectivity index (χ1n) is 4.55. The average Bonchev–Trinajstić information content (AvgIpc) is 2.42. The van der Waals surface area contributed by atoms with Crippen molar-refractivity contribution in [1.29, 1.82) is 0 Å². The number of rotatable bonds is 3. The third kappa shape index (κ3) is 1.57. The van der Waals surface area contributed by atoms with E-state index in [4.69, 9.17) is 5.11 Å². The minimum Gasteiger partial charge on any atom is -0.477 e. The summed E-state index contributed by atoms with van der Waals surface area (Å²) in [6.45, 7) is 5.93. The molecule has 0 aliphatic carbocycles. The van der Waals surface area contributed by atoms with Crippen LogP contribution in [0.4, 0.5) is 0 Å². The van der Waals surface area contributed by atoms with E-state index in [1.165, 1.54) is 4.68 Å². The molecule has 0 amide bonds. The lowest BCUT2D eigenvalue weighted by Crippen LogP contribution is -2.20. The third-order valence-electron chi connectivity index (χ3n) is 2.09. The van der Waals surface area contributed by atoms with Crippen molar-refractivity contribution in [2.45, 2.75) is 33.2 Å². The Hall–Kier alpha value is -1.52. The minimum atomic E-state index is -1.16. The van der Waals surface area contributed by atoms with Gasteiger partial charge in [-0.3, -0.25) is 14.6 Å². The van der Waals surface area contributed by atoms with Crippen LogP contribution in [0.5, 0.6) is 0 Å². The summed E-state index contributed by atoms with van der Waals surface area (Å²) in [6, 6.07) is 0. The van der Waals surface area contributed by atoms with Crippen molar-refractivity contribution in [1.82, 2.24) is 9.78 Å². The molecule has 5 nitrogen and oxygen atoms in total. The van der Waals surface area contributed by atoms with Crippen molar-refractivity contribution in [2.75, 3.05) is 0 Å². The molecular weight excluding hydrogens is 184 g/mol. The summed E-state index contributed by atoms with van der Waals surface area (Å²) < 4.78 is 1.30. The Kier molecular flexibility index (Phi) is 2.78. The lowest BCUT2D eigenvalue weighted by Gasteiger charge is -2.01. The number of H-pyrrole nitrogens is 1. The maximum atomic E-state index is 11.5. The molecule has 0 atom stereocenters. The van der Waals surface area contributed by atoms with Crippen LogP contribution in [0.25, 0.3) is 0 Å². The highest BCUT2D eigenvalue weighted by Gasteiger charge is 2.21. The van der Waals surface area contributed by atoms with Gasteiger partial charge in [-0.1, -0.05) is 13.8 Å². The summed E-state index contributed by atoms with van der Waals surface area (Å²) in [7, 11) is 0. The van der Waals surface area contributed by atoms with Crippen molar-refractivity contribution in [3.05, 3.63) is 21.6 Å². The van der Waals surface area contributed by atoms with E-state index in [0.717, 1.165) is 0 Å². The average molecular weight is 198 g/mol. The topological polar surface area (TPSA) is 75.1 Å². The van der Waals surface area contributed by atoms with E-state index >= 15 is 0 Å². The molecule has 0 aromatic carbocycles. The number of carboxylic acid groups (broad SMARTS) is 1. The van der Waals surface area contributed by atoms with E-state index in [1.54, 1.807) is 6.92 Å². The molecule has 0 unspecified atom stereocenters. The molecule has 0 fully saturated rings. The molecule has 0 saturated carbocycles. The predicted octanol–water partition coefficient (Wildman–Crippen LogP) is 1.02. The second kappa shape index (κ2) is 3.69. The van der Waals surface area contributed by atoms with Gasteiger partial charge in [-0.05, 0) is 12.8 Å². The number of hydrogen-bond acceptors (Lipinski definition) is 2. The standard InChI is InChI=1S/C9H14N2O3/c1-4-11-8(12)6(9(13)14)7(10-11)5(2)3/h5,10H,4H2,1-3H3,(H,13,14). The maximum Gasteiger partial charge on any atom is 0.343 e. The fraction of sp³-hybridized carbons (Fsp3) is 0.556. The number of nitrogens with one attached hydrogen (secondary N) is 1. The van der Waals surface area contributed by atoms with Crippen molar-refractivity contribution in [2.24, 2.45) is 0 Å². The van der Waals surface area contributed by atoms with Gasteiger partial charge < -0.3 is 5.11 Å². The summed E-state index contributed by atoms with van der Waals surface area (Å²) in [6.07, 6.45) is 0. The molecule has 78 valence electrons. The van der Waals surface area contributed by atoms with Gasteiger partial charge in [0.25, 0.3) is 5.56 Å². The molecule has 1 aromatic heterocycles. The highest BCUT2D eigenvalue weighted by Crippen LogP contribution is 2.14. The van der Waals surface area contributed by atoms with E-state index < -0.39 is 11.5 Å². The normalized spacial score (nSPS) is 10.9. The Morgan fingerprint density at radius 1 is 1.57 bits per heavy atom. The molecule has 2 N–H and O–H groups in total. The molecule has 5 heteroatoms. The van der Waals surface area contributed by atoms with E-state index in [9.17, 15) is 9.59 Å². The Morgan fingerprint density at radius 2 is 2.14 bits per heavy atom. The molecule has 0 aliphatic heterocycles. The third-order valence-corrected chi connectivity index (χ3v) is 2.09. The van der Waals surface area contributed by atoms with Crippen molar-refractivity contribution in [3.63, 3.8) is 0 Å². The zero-order valence-electron chi connectivity index (χ0n) is 8.50. The molecule has 0 bridgehead atoms. The molecular formula is C9H14N2O3. The second-order valence-corrected chi connectivity index (χ2v) is 3.41. The Balaban J connectivity index is 3.43. The van der Waals surface area contributed by atoms with Crippen LogP contribution in [-0.4, -0.2) is 20.9 Å². The highest BCUT2D eigenvalue weighted by atomic mass is 16.4. The van der Waals surface area contributed by atoms with E-state index in [2.05, 4.69) is 5.10 Å². The van der Waals surface area contributed by atoms with Gasteiger partial charge in [0.15, 0.2) is 0 Å². The molecule has 1 heterocycles. The Bertz CT molecular complexity index is 401. The maximum absolute atomic E-state index is 11.5. The van der Waals surface area contributed by atoms with Crippen LogP contribution in [-0.2, 0) is 6.54 Å². The van der Waals surface area contributed by atoms with Crippen LogP contribution in [0, 0.1) is 0 Å². The number of aryl methyl sites for hydroxylation is 1. The van der Waals surface area contributed by atoms with Crippen LogP contribution < -0.4 is 5.56 Å². The quantitative estimate of drug-likeness (QED) is 0.761. The van der Waals surface area contributed by atoms with Gasteiger partial charge in [-0.2, -0.15) is 0 Å². The minimum absolute atomic E-state index is 0.00148. The molecule has 0 radical (unpaired) electrons. The van der Waals surface area contributed by atoms with Crippen LogP contribution >= 0.6 is 0 Å². The van der Waals surface area contributed by atoms with Gasteiger partial charge in [0.2, 0.25) is 0 Å². The molecule has 14 heavy (non-hydrogen) atoms. The largest absolute Gasteiger partial charge is 0.477 e. The lowest BCUT2D eigenvalue weighted by molar-refractivity contribution is 0.0693. The van der Waals surface area contributed by atoms with Crippen molar-refractivity contribution < 1.29 is 9.90 Å². The van der Waals surface area contributed by atoms with Crippen LogP contribution in [0.2, 0.25) is 0 Å². The monoisotopic (exact) mass is 198 g/mol. The first-order valence-corrected chi connectivity index (χ1v) is 4.55. The van der Waals surface area contributed by atoms with Gasteiger partial charge in [0.05, 0.1) is 5.69 Å². The molecule has 1 aromatic rings. The molecule has 0 saturated heterocycles. The zero-order chi connectivity index (χ0) is 10.9. The second-order valence-electron chi connectivity index (χ2n) is 3.41. The van der Waals surface area contributed by atoms with Gasteiger partial charge in [-0.15, -0.1) is 0 Å². The lowest BCUT2D eigenvalue weighted by atomic mass is 10.1. The number of aromatic amines is 1. The Labute approximate surface area is 81.3 Å². The summed E-state index contributed by atoms with van der Waals surface area (Å²) in [5.74, 6) is -1.16. The SMILES string of the molecule is CCn1[nH]c(C(C)C)c(C(=O)O)c1=O. The number of aromatic nitrogens is 2. The fourth-order valence-corrected chi connectivity index (χ4v) is 1.35. The highest BCUT2D eigenvalue weighted by molar-refractivity contribution is 5.88. The van der Waals surface area contributed by atoms with Crippen molar-refractivity contribution >= 4 is 5.97 Å². The predicted molar refractivity (Wildman–Crippen MR) is 51.8 cm³/mol. The van der Waals surface area contributed by atoms with Crippen LogP contribution in [0.3, 0.4) is 0 Å². The summed E-state index contributed by atoms with van der Waals surface area (Å²) in [5.41, 5.74) is -0.102. The first-order chi connectivity index (χ1) is 6.49. The molecule has 0 aliphatic rings. The van der Waals surface area contributed by atoms with Crippen LogP contribution in [0.1, 0.15) is 42.7 Å². The first kappa shape index (κ1) is 10.6. The number of carbonyl (C=O) groups is 1. The van der Waals surface area contributed by atoms with Gasteiger partial charge in [0.1, 0.15) is 5.56 Å². The Morgan fingerprint density at radius 3 is 2.43 bits per heavy atom. The van der Waals surface area contributed by atoms with Gasteiger partial charge in [-0.25, -0.2) is 4.79 Å². The fourth-order valence-electron chi connectivity index (χ4n) is 1.35. The number of carboxylic acids is 1. The zero-order valence-corrected chi connectivity index (χ0v) is 8.50. The smallest absolute Gasteiger partial charge is 0.343 e. The van der Waals surface area contributed by atoms with Gasteiger partial charge >= 0.3 is 5.97 Å².